The van der Waals surface area contributed by atoms with Gasteiger partial charge in [-0.05, 0) is 122 Å². The van der Waals surface area contributed by atoms with Crippen molar-refractivity contribution in [3.8, 4) is 0 Å². The molecular formula is C31H52O2. The van der Waals surface area contributed by atoms with Gasteiger partial charge in [-0.25, -0.2) is 0 Å². The van der Waals surface area contributed by atoms with Crippen LogP contribution in [-0.4, -0.2) is 12.1 Å². The van der Waals surface area contributed by atoms with Gasteiger partial charge >= 0.3 is 5.97 Å². The highest BCUT2D eigenvalue weighted by atomic mass is 16.5. The summed E-state index contributed by atoms with van der Waals surface area (Å²) in [7, 11) is 0. The zero-order valence-electron chi connectivity index (χ0n) is 22.7. The molecule has 4 fully saturated rings. The molecule has 0 amide bonds. The zero-order valence-corrected chi connectivity index (χ0v) is 22.7. The van der Waals surface area contributed by atoms with Crippen molar-refractivity contribution < 1.29 is 9.53 Å². The Morgan fingerprint density at radius 1 is 0.939 bits per heavy atom. The fourth-order valence-corrected chi connectivity index (χ4v) is 9.75. The van der Waals surface area contributed by atoms with Crippen LogP contribution in [0.3, 0.4) is 0 Å². The number of esters is 1. The third-order valence-electron chi connectivity index (χ3n) is 11.6. The molecule has 0 N–H and O–H groups in total. The standard InChI is InChI=1S/C31H52O2/c1-8-23(20(2)3)10-9-21(4)27-13-14-28-26-12-11-24-19-25(33-22(5)32)15-17-30(24,6)29(26)16-18-31(27,28)7/h9-10,20-21,23-29H,8,11-19H2,1-7H3/b10-9+. The summed E-state index contributed by atoms with van der Waals surface area (Å²) < 4.78 is 5.66. The summed E-state index contributed by atoms with van der Waals surface area (Å²) in [5.74, 6) is 6.43. The maximum Gasteiger partial charge on any atom is 0.302 e. The minimum Gasteiger partial charge on any atom is -0.463 e. The van der Waals surface area contributed by atoms with Gasteiger partial charge in [0.2, 0.25) is 0 Å². The first kappa shape index (κ1) is 25.3. The zero-order chi connectivity index (χ0) is 24.0. The highest BCUT2D eigenvalue weighted by Gasteiger charge is 2.60. The van der Waals surface area contributed by atoms with E-state index < -0.39 is 0 Å². The van der Waals surface area contributed by atoms with E-state index in [4.69, 9.17) is 4.74 Å². The Kier molecular flexibility index (Phi) is 7.43. The van der Waals surface area contributed by atoms with Crippen LogP contribution in [0.15, 0.2) is 12.2 Å². The van der Waals surface area contributed by atoms with E-state index in [2.05, 4.69) is 53.7 Å². The Hall–Kier alpha value is -0.790. The van der Waals surface area contributed by atoms with Crippen molar-refractivity contribution in [2.75, 3.05) is 0 Å². The second-order valence-corrected chi connectivity index (χ2v) is 13.5. The van der Waals surface area contributed by atoms with Crippen LogP contribution in [0.1, 0.15) is 113 Å². The van der Waals surface area contributed by atoms with Gasteiger partial charge in [0.25, 0.3) is 0 Å². The summed E-state index contributed by atoms with van der Waals surface area (Å²) in [5, 5.41) is 0. The molecule has 2 nitrogen and oxygen atoms in total. The first-order valence-electron chi connectivity index (χ1n) is 14.5. The quantitative estimate of drug-likeness (QED) is 0.296. The molecule has 0 saturated heterocycles. The van der Waals surface area contributed by atoms with Crippen molar-refractivity contribution in [3.05, 3.63) is 12.2 Å². The van der Waals surface area contributed by atoms with Crippen LogP contribution in [0, 0.1) is 58.2 Å². The number of hydrogen-bond donors (Lipinski definition) is 0. The molecule has 10 atom stereocenters. The third kappa shape index (κ3) is 4.58. The highest BCUT2D eigenvalue weighted by Crippen LogP contribution is 2.68. The minimum absolute atomic E-state index is 0.0930. The average molecular weight is 457 g/mol. The molecule has 0 radical (unpaired) electrons. The maximum atomic E-state index is 11.5. The Labute approximate surface area is 204 Å². The lowest BCUT2D eigenvalue weighted by Crippen LogP contribution is -2.54. The molecule has 33 heavy (non-hydrogen) atoms. The third-order valence-corrected chi connectivity index (χ3v) is 11.6. The first-order chi connectivity index (χ1) is 15.6. The summed E-state index contributed by atoms with van der Waals surface area (Å²) in [5.41, 5.74) is 0.999. The largest absolute Gasteiger partial charge is 0.463 e. The van der Waals surface area contributed by atoms with Gasteiger partial charge in [0.05, 0.1) is 0 Å². The second kappa shape index (κ2) is 9.69. The Morgan fingerprint density at radius 2 is 1.64 bits per heavy atom. The van der Waals surface area contributed by atoms with E-state index in [-0.39, 0.29) is 12.1 Å². The molecule has 0 aromatic heterocycles. The molecule has 2 heteroatoms. The van der Waals surface area contributed by atoms with Crippen molar-refractivity contribution in [1.29, 1.82) is 0 Å². The normalized spacial score (nSPS) is 44.7. The van der Waals surface area contributed by atoms with E-state index in [1.807, 2.05) is 0 Å². The van der Waals surface area contributed by atoms with Gasteiger partial charge in [-0.2, -0.15) is 0 Å². The van der Waals surface area contributed by atoms with Crippen LogP contribution in [0.5, 0.6) is 0 Å². The van der Waals surface area contributed by atoms with Crippen molar-refractivity contribution >= 4 is 5.97 Å². The molecule has 4 aliphatic rings. The molecule has 188 valence electrons. The van der Waals surface area contributed by atoms with E-state index in [0.717, 1.165) is 54.3 Å². The minimum atomic E-state index is -0.0930. The Bertz CT molecular complexity index is 724. The molecule has 0 aliphatic heterocycles. The number of hydrogen-bond acceptors (Lipinski definition) is 2. The summed E-state index contributed by atoms with van der Waals surface area (Å²) in [6, 6.07) is 0. The molecule has 4 aliphatic carbocycles. The van der Waals surface area contributed by atoms with E-state index >= 15 is 0 Å². The highest BCUT2D eigenvalue weighted by molar-refractivity contribution is 5.66. The summed E-state index contributed by atoms with van der Waals surface area (Å²) in [4.78, 5) is 11.5. The monoisotopic (exact) mass is 456 g/mol. The summed E-state index contributed by atoms with van der Waals surface area (Å²) in [6.45, 7) is 16.5. The van der Waals surface area contributed by atoms with Gasteiger partial charge in [-0.1, -0.05) is 53.7 Å². The topological polar surface area (TPSA) is 26.3 Å². The van der Waals surface area contributed by atoms with Crippen LogP contribution in [0.4, 0.5) is 0 Å². The summed E-state index contributed by atoms with van der Waals surface area (Å²) in [6.07, 6.45) is 18.6. The van der Waals surface area contributed by atoms with Gasteiger partial charge in [-0.3, -0.25) is 4.79 Å². The molecule has 4 rings (SSSR count). The Morgan fingerprint density at radius 3 is 2.30 bits per heavy atom. The van der Waals surface area contributed by atoms with Crippen LogP contribution >= 0.6 is 0 Å². The molecule has 0 bridgehead atoms. The van der Waals surface area contributed by atoms with Gasteiger partial charge in [0, 0.05) is 6.92 Å². The van der Waals surface area contributed by atoms with E-state index in [0.29, 0.717) is 16.7 Å². The fraction of sp³-hybridized carbons (Fsp3) is 0.903. The van der Waals surface area contributed by atoms with Crippen LogP contribution in [0.25, 0.3) is 0 Å². The lowest BCUT2D eigenvalue weighted by molar-refractivity contribution is -0.160. The fourth-order valence-electron chi connectivity index (χ4n) is 9.75. The van der Waals surface area contributed by atoms with Crippen LogP contribution in [-0.2, 0) is 9.53 Å². The van der Waals surface area contributed by atoms with Gasteiger partial charge < -0.3 is 4.74 Å². The number of allylic oxidation sites excluding steroid dienone is 2. The molecule has 0 heterocycles. The second-order valence-electron chi connectivity index (χ2n) is 13.5. The summed E-state index contributed by atoms with van der Waals surface area (Å²) >= 11 is 0. The SMILES string of the molecule is CCC(/C=C/C(C)C1CCC2C3CCC4CC(OC(C)=O)CCC4(C)C3CCC12C)C(C)C. The van der Waals surface area contributed by atoms with E-state index in [1.54, 1.807) is 6.92 Å². The van der Waals surface area contributed by atoms with Crippen LogP contribution < -0.4 is 0 Å². The smallest absolute Gasteiger partial charge is 0.302 e. The van der Waals surface area contributed by atoms with E-state index in [9.17, 15) is 4.79 Å². The number of carbonyl (C=O) groups excluding carboxylic acids is 1. The Balaban J connectivity index is 1.46. The number of fused-ring (bicyclic) bond motifs is 5. The lowest BCUT2D eigenvalue weighted by atomic mass is 9.44. The molecule has 0 aromatic carbocycles. The van der Waals surface area contributed by atoms with Crippen molar-refractivity contribution in [2.45, 2.75) is 119 Å². The number of rotatable bonds is 6. The lowest BCUT2D eigenvalue weighted by Gasteiger charge is -2.61. The average Bonchev–Trinajstić information content (AvgIpc) is 3.11. The maximum absolute atomic E-state index is 11.5. The van der Waals surface area contributed by atoms with Gasteiger partial charge in [-0.15, -0.1) is 0 Å². The first-order valence-corrected chi connectivity index (χ1v) is 14.5. The number of ether oxygens (including phenoxy) is 1. The van der Waals surface area contributed by atoms with Crippen molar-refractivity contribution in [2.24, 2.45) is 58.2 Å². The van der Waals surface area contributed by atoms with Crippen molar-refractivity contribution in [3.63, 3.8) is 0 Å². The molecule has 10 unspecified atom stereocenters. The number of carbonyl (C=O) groups is 1. The molecule has 0 aromatic rings. The van der Waals surface area contributed by atoms with Crippen molar-refractivity contribution in [1.82, 2.24) is 0 Å². The van der Waals surface area contributed by atoms with E-state index in [1.165, 1.54) is 51.4 Å². The molecule has 0 spiro atoms. The molecular weight excluding hydrogens is 404 g/mol. The predicted octanol–water partition coefficient (Wildman–Crippen LogP) is 8.45. The van der Waals surface area contributed by atoms with Crippen LogP contribution in [0.2, 0.25) is 0 Å². The predicted molar refractivity (Wildman–Crippen MR) is 138 cm³/mol. The van der Waals surface area contributed by atoms with Gasteiger partial charge in [0.15, 0.2) is 0 Å². The molecule has 4 saturated carbocycles. The van der Waals surface area contributed by atoms with Gasteiger partial charge in [0.1, 0.15) is 6.10 Å².